The number of para-hydroxylation sites is 2. The minimum Gasteiger partial charge on any atom is -0.489 e. The maximum atomic E-state index is 12.8. The van der Waals surface area contributed by atoms with Crippen molar-refractivity contribution < 1.29 is 14.3 Å². The molecule has 0 aliphatic heterocycles. The summed E-state index contributed by atoms with van der Waals surface area (Å²) in [5.41, 5.74) is 0.291. The Kier molecular flexibility index (Phi) is 6.61. The fourth-order valence-corrected chi connectivity index (χ4v) is 2.51. The van der Waals surface area contributed by atoms with E-state index in [9.17, 15) is 9.59 Å². The molecule has 0 spiro atoms. The minimum absolute atomic E-state index is 0.0221. The highest BCUT2D eigenvalue weighted by Gasteiger charge is 2.37. The van der Waals surface area contributed by atoms with Crippen LogP contribution in [0.5, 0.6) is 5.75 Å². The number of carbonyl (C=O) groups excluding carboxylic acids is 2. The molecular formula is C22H28N2O3. The van der Waals surface area contributed by atoms with E-state index in [0.29, 0.717) is 11.4 Å². The fraction of sp³-hybridized carbons (Fsp3) is 0.364. The molecule has 2 amide bonds. The first kappa shape index (κ1) is 20.5. The molecule has 27 heavy (non-hydrogen) atoms. The molecule has 0 aliphatic rings. The minimum atomic E-state index is -1.24. The summed E-state index contributed by atoms with van der Waals surface area (Å²) >= 11 is 0. The molecule has 0 saturated heterocycles. The lowest BCUT2D eigenvalue weighted by Crippen LogP contribution is -2.45. The molecule has 1 atom stereocenters. The molecule has 5 nitrogen and oxygen atoms in total. The number of benzene rings is 2. The number of ether oxygens (including phenoxy) is 1. The molecule has 0 aliphatic carbocycles. The van der Waals surface area contributed by atoms with E-state index in [1.54, 1.807) is 26.0 Å². The van der Waals surface area contributed by atoms with Gasteiger partial charge in [-0.05, 0) is 52.3 Å². The summed E-state index contributed by atoms with van der Waals surface area (Å²) in [4.78, 5) is 25.5. The lowest BCUT2D eigenvalue weighted by molar-refractivity contribution is -0.138. The second kappa shape index (κ2) is 8.71. The monoisotopic (exact) mass is 368 g/mol. The third-order valence-electron chi connectivity index (χ3n) is 4.28. The van der Waals surface area contributed by atoms with Crippen molar-refractivity contribution in [2.75, 3.05) is 5.32 Å². The van der Waals surface area contributed by atoms with Crippen molar-refractivity contribution >= 4 is 17.5 Å². The fourth-order valence-electron chi connectivity index (χ4n) is 2.51. The van der Waals surface area contributed by atoms with Gasteiger partial charge in [0.25, 0.3) is 0 Å². The summed E-state index contributed by atoms with van der Waals surface area (Å²) in [5, 5.41) is 5.74. The first-order valence-electron chi connectivity index (χ1n) is 9.15. The van der Waals surface area contributed by atoms with Gasteiger partial charge in [0.2, 0.25) is 11.8 Å². The van der Waals surface area contributed by atoms with Crippen molar-refractivity contribution in [3.05, 3.63) is 60.2 Å². The number of anilines is 1. The van der Waals surface area contributed by atoms with Crippen LogP contribution in [0.15, 0.2) is 54.6 Å². The molecule has 0 bridgehead atoms. The Balaban J connectivity index is 2.09. The highest BCUT2D eigenvalue weighted by atomic mass is 16.5. The van der Waals surface area contributed by atoms with E-state index in [1.165, 1.54) is 0 Å². The number of carbonyl (C=O) groups is 2. The Morgan fingerprint density at radius 3 is 2.11 bits per heavy atom. The van der Waals surface area contributed by atoms with Gasteiger partial charge in [0, 0.05) is 0 Å². The maximum absolute atomic E-state index is 12.8. The number of hydrogen-bond donors (Lipinski definition) is 2. The third kappa shape index (κ3) is 5.33. The predicted molar refractivity (Wildman–Crippen MR) is 108 cm³/mol. The zero-order valence-corrected chi connectivity index (χ0v) is 16.6. The first-order valence-corrected chi connectivity index (χ1v) is 9.15. The van der Waals surface area contributed by atoms with Gasteiger partial charge in [-0.2, -0.15) is 0 Å². The zero-order chi connectivity index (χ0) is 20.0. The van der Waals surface area contributed by atoms with Crippen molar-refractivity contribution in [2.24, 2.45) is 5.41 Å². The van der Waals surface area contributed by atoms with Crippen LogP contribution < -0.4 is 15.4 Å². The van der Waals surface area contributed by atoms with Crippen LogP contribution in [0.1, 0.15) is 46.2 Å². The summed E-state index contributed by atoms with van der Waals surface area (Å²) in [6.07, 6.45) is -0.0221. The van der Waals surface area contributed by atoms with Crippen LogP contribution in [0.4, 0.5) is 5.69 Å². The Bertz CT molecular complexity index is 785. The third-order valence-corrected chi connectivity index (χ3v) is 4.28. The van der Waals surface area contributed by atoms with Gasteiger partial charge in [0.1, 0.15) is 11.2 Å². The van der Waals surface area contributed by atoms with E-state index in [1.807, 2.05) is 63.2 Å². The predicted octanol–water partition coefficient (Wildman–Crippen LogP) is 4.32. The van der Waals surface area contributed by atoms with Gasteiger partial charge < -0.3 is 15.4 Å². The smallest absolute Gasteiger partial charge is 0.239 e. The average Bonchev–Trinajstić information content (AvgIpc) is 2.63. The molecule has 2 aromatic rings. The van der Waals surface area contributed by atoms with Crippen LogP contribution in [0.25, 0.3) is 0 Å². The lowest BCUT2D eigenvalue weighted by Gasteiger charge is -2.26. The average molecular weight is 368 g/mol. The van der Waals surface area contributed by atoms with Crippen molar-refractivity contribution in [3.8, 4) is 5.75 Å². The van der Waals surface area contributed by atoms with Gasteiger partial charge in [0.15, 0.2) is 0 Å². The molecule has 144 valence electrons. The van der Waals surface area contributed by atoms with Gasteiger partial charge >= 0.3 is 0 Å². The molecule has 2 aromatic carbocycles. The van der Waals surface area contributed by atoms with E-state index in [2.05, 4.69) is 10.6 Å². The lowest BCUT2D eigenvalue weighted by atomic mass is 9.90. The Morgan fingerprint density at radius 1 is 0.889 bits per heavy atom. The molecule has 1 unspecified atom stereocenters. The summed E-state index contributed by atoms with van der Waals surface area (Å²) in [5.74, 6) is -0.145. The van der Waals surface area contributed by atoms with Crippen molar-refractivity contribution in [2.45, 2.75) is 46.8 Å². The summed E-state index contributed by atoms with van der Waals surface area (Å²) in [7, 11) is 0. The molecule has 0 heterocycles. The largest absolute Gasteiger partial charge is 0.489 e. The second-order valence-corrected chi connectivity index (χ2v) is 7.35. The molecular weight excluding hydrogens is 340 g/mol. The zero-order valence-electron chi connectivity index (χ0n) is 16.6. The van der Waals surface area contributed by atoms with E-state index in [-0.39, 0.29) is 24.0 Å². The van der Waals surface area contributed by atoms with Crippen LogP contribution >= 0.6 is 0 Å². The summed E-state index contributed by atoms with van der Waals surface area (Å²) < 4.78 is 5.73. The standard InChI is InChI=1S/C22H28N2O3/c1-15(2)27-19-14-10-9-13-18(19)24-21(26)22(4,5)20(25)23-16(3)17-11-7-6-8-12-17/h6-16H,1-5H3,(H,23,25)(H,24,26). The first-order chi connectivity index (χ1) is 12.7. The summed E-state index contributed by atoms with van der Waals surface area (Å²) in [6, 6.07) is 16.7. The van der Waals surface area contributed by atoms with E-state index >= 15 is 0 Å². The molecule has 2 rings (SSSR count). The summed E-state index contributed by atoms with van der Waals surface area (Å²) in [6.45, 7) is 8.96. The van der Waals surface area contributed by atoms with Crippen LogP contribution in [-0.2, 0) is 9.59 Å². The van der Waals surface area contributed by atoms with Gasteiger partial charge in [-0.15, -0.1) is 0 Å². The molecule has 2 N–H and O–H groups in total. The highest BCUT2D eigenvalue weighted by molar-refractivity contribution is 6.10. The normalized spacial score (nSPS) is 12.4. The number of rotatable bonds is 7. The second-order valence-electron chi connectivity index (χ2n) is 7.35. The molecule has 0 saturated carbocycles. The van der Waals surface area contributed by atoms with Crippen molar-refractivity contribution in [1.29, 1.82) is 0 Å². The molecule has 0 radical (unpaired) electrons. The van der Waals surface area contributed by atoms with Crippen LogP contribution in [0.3, 0.4) is 0 Å². The van der Waals surface area contributed by atoms with E-state index < -0.39 is 5.41 Å². The van der Waals surface area contributed by atoms with Crippen LogP contribution in [0, 0.1) is 5.41 Å². The number of hydrogen-bond acceptors (Lipinski definition) is 3. The molecule has 0 aromatic heterocycles. The quantitative estimate of drug-likeness (QED) is 0.716. The highest BCUT2D eigenvalue weighted by Crippen LogP contribution is 2.28. The van der Waals surface area contributed by atoms with Gasteiger partial charge in [-0.1, -0.05) is 42.5 Å². The number of nitrogens with one attached hydrogen (secondary N) is 2. The van der Waals surface area contributed by atoms with E-state index in [0.717, 1.165) is 5.56 Å². The van der Waals surface area contributed by atoms with Crippen LogP contribution in [0.2, 0.25) is 0 Å². The molecule has 0 fully saturated rings. The maximum Gasteiger partial charge on any atom is 0.239 e. The van der Waals surface area contributed by atoms with Crippen LogP contribution in [-0.4, -0.2) is 17.9 Å². The van der Waals surface area contributed by atoms with Gasteiger partial charge in [-0.3, -0.25) is 9.59 Å². The Labute approximate surface area is 161 Å². The van der Waals surface area contributed by atoms with Crippen molar-refractivity contribution in [3.63, 3.8) is 0 Å². The Hall–Kier alpha value is -2.82. The van der Waals surface area contributed by atoms with Crippen molar-refractivity contribution in [1.82, 2.24) is 5.32 Å². The number of amides is 2. The van der Waals surface area contributed by atoms with E-state index in [4.69, 9.17) is 4.74 Å². The molecule has 5 heteroatoms. The van der Waals surface area contributed by atoms with Gasteiger partial charge in [-0.25, -0.2) is 0 Å². The SMILES string of the molecule is CC(C)Oc1ccccc1NC(=O)C(C)(C)C(=O)NC(C)c1ccccc1. The Morgan fingerprint density at radius 2 is 1.48 bits per heavy atom. The topological polar surface area (TPSA) is 67.4 Å². The van der Waals surface area contributed by atoms with Gasteiger partial charge in [0.05, 0.1) is 17.8 Å².